The molecule has 5 aromatic rings. The van der Waals surface area contributed by atoms with Crippen LogP contribution in [0.15, 0.2) is 107 Å². The standard InChI is InChI=1S/C26H27FN4O3S.C20H21FN2O4S/c1-35-22-7-4-6-21(14-22)34-26-23(13-18(27)15-30-26)25(33)31-19-10-8-17(9-11-19)24(32)29-16-20-5-2-3-12-28-20;1-28-16-4-2-3-15(10-16)27-19-17(9-13(21)11-22-19)18(24)23-14-7-5-12(6-8-14)20(25)26/h2-7,12-15,17,19H,8-11,16H2,1H3,(H,29,32)(H,31,33);2-4,9-12,14H,5-8H2,1H3,(H,23,24)(H,25,26). The molecule has 0 bridgehead atoms. The third-order valence-electron chi connectivity index (χ3n) is 10.7. The van der Waals surface area contributed by atoms with Gasteiger partial charge in [-0.3, -0.25) is 24.2 Å². The van der Waals surface area contributed by atoms with Crippen molar-refractivity contribution in [1.29, 1.82) is 0 Å². The van der Waals surface area contributed by atoms with Gasteiger partial charge in [-0.05, 0) is 125 Å². The van der Waals surface area contributed by atoms with E-state index in [1.54, 1.807) is 41.9 Å². The van der Waals surface area contributed by atoms with Gasteiger partial charge >= 0.3 is 5.97 Å². The first-order valence-electron chi connectivity index (χ1n) is 20.4. The van der Waals surface area contributed by atoms with Crippen LogP contribution in [-0.4, -0.2) is 68.3 Å². The van der Waals surface area contributed by atoms with Gasteiger partial charge in [0.2, 0.25) is 17.7 Å². The number of pyridine rings is 3. The predicted molar refractivity (Wildman–Crippen MR) is 235 cm³/mol. The predicted octanol–water partition coefficient (Wildman–Crippen LogP) is 8.84. The number of ether oxygens (including phenoxy) is 2. The monoisotopic (exact) mass is 898 g/mol. The van der Waals surface area contributed by atoms with Gasteiger partial charge in [0.1, 0.15) is 34.3 Å². The Morgan fingerprint density at radius 1 is 0.651 bits per heavy atom. The van der Waals surface area contributed by atoms with Crippen LogP contribution in [0.5, 0.6) is 23.3 Å². The third kappa shape index (κ3) is 13.7. The Morgan fingerprint density at radius 3 is 1.59 bits per heavy atom. The molecule has 2 aromatic carbocycles. The maximum absolute atomic E-state index is 13.9. The maximum atomic E-state index is 13.9. The number of hydrogen-bond acceptors (Lipinski definition) is 11. The lowest BCUT2D eigenvalue weighted by atomic mass is 9.85. The van der Waals surface area contributed by atoms with Crippen molar-refractivity contribution in [1.82, 2.24) is 30.9 Å². The number of nitrogens with one attached hydrogen (secondary N) is 3. The average molecular weight is 899 g/mol. The van der Waals surface area contributed by atoms with Gasteiger partial charge in [0.05, 0.1) is 30.6 Å². The summed E-state index contributed by atoms with van der Waals surface area (Å²) >= 11 is 3.11. The van der Waals surface area contributed by atoms with Crippen molar-refractivity contribution in [2.75, 3.05) is 12.5 Å². The minimum atomic E-state index is -0.803. The van der Waals surface area contributed by atoms with E-state index in [0.29, 0.717) is 69.4 Å². The number of aliphatic carboxylic acids is 1. The number of hydrogen-bond donors (Lipinski definition) is 4. The van der Waals surface area contributed by atoms with Crippen molar-refractivity contribution in [3.8, 4) is 23.3 Å². The second-order valence-electron chi connectivity index (χ2n) is 15.0. The molecule has 0 spiro atoms. The van der Waals surface area contributed by atoms with Crippen molar-refractivity contribution < 1.29 is 42.5 Å². The Hall–Kier alpha value is -6.07. The zero-order valence-corrected chi connectivity index (χ0v) is 36.4. The fourth-order valence-electron chi connectivity index (χ4n) is 7.23. The highest BCUT2D eigenvalue weighted by Gasteiger charge is 2.30. The quantitative estimate of drug-likeness (QED) is 0.0779. The van der Waals surface area contributed by atoms with Crippen LogP contribution in [0.2, 0.25) is 0 Å². The van der Waals surface area contributed by atoms with E-state index in [1.807, 2.05) is 67.1 Å². The Balaban J connectivity index is 0.000000215. The van der Waals surface area contributed by atoms with Crippen LogP contribution in [0.4, 0.5) is 8.78 Å². The second-order valence-corrected chi connectivity index (χ2v) is 16.8. The fraction of sp³-hybridized carbons (Fsp3) is 0.326. The molecular weight excluding hydrogens is 851 g/mol. The number of thioether (sulfide) groups is 2. The topological polar surface area (TPSA) is 182 Å². The molecular formula is C46H48F2N6O7S2. The summed E-state index contributed by atoms with van der Waals surface area (Å²) < 4.78 is 39.2. The Morgan fingerprint density at radius 2 is 1.14 bits per heavy atom. The molecule has 2 aliphatic rings. The van der Waals surface area contributed by atoms with Crippen LogP contribution >= 0.6 is 23.5 Å². The molecule has 3 aromatic heterocycles. The zero-order chi connectivity index (χ0) is 44.7. The van der Waals surface area contributed by atoms with Crippen LogP contribution < -0.4 is 25.4 Å². The molecule has 4 N–H and O–H groups in total. The summed E-state index contributed by atoms with van der Waals surface area (Å²) in [6.07, 6.45) is 12.4. The van der Waals surface area contributed by atoms with Gasteiger partial charge in [0.25, 0.3) is 11.8 Å². The van der Waals surface area contributed by atoms with Gasteiger partial charge in [-0.25, -0.2) is 18.7 Å². The number of benzene rings is 2. The summed E-state index contributed by atoms with van der Waals surface area (Å²) in [6.45, 7) is 0.394. The molecule has 0 aliphatic heterocycles. The van der Waals surface area contributed by atoms with Crippen LogP contribution in [0.3, 0.4) is 0 Å². The lowest BCUT2D eigenvalue weighted by Crippen LogP contribution is -2.41. The molecule has 2 saturated carbocycles. The zero-order valence-electron chi connectivity index (χ0n) is 34.7. The fourth-order valence-corrected chi connectivity index (χ4v) is 8.13. The molecule has 2 fully saturated rings. The highest BCUT2D eigenvalue weighted by molar-refractivity contribution is 7.98. The first kappa shape index (κ1) is 46.4. The number of amides is 3. The summed E-state index contributed by atoms with van der Waals surface area (Å²) in [5, 5.41) is 17.8. The summed E-state index contributed by atoms with van der Waals surface area (Å²) in [6, 6.07) is 22.2. The Labute approximate surface area is 372 Å². The number of aromatic nitrogens is 3. The van der Waals surface area contributed by atoms with Crippen LogP contribution in [0.25, 0.3) is 0 Å². The van der Waals surface area contributed by atoms with E-state index in [0.717, 1.165) is 40.0 Å². The summed E-state index contributed by atoms with van der Waals surface area (Å²) in [4.78, 5) is 63.4. The van der Waals surface area contributed by atoms with Gasteiger partial charge in [0.15, 0.2) is 0 Å². The summed E-state index contributed by atoms with van der Waals surface area (Å²) in [5.41, 5.74) is 0.855. The molecule has 0 atom stereocenters. The molecule has 17 heteroatoms. The molecule has 13 nitrogen and oxygen atoms in total. The second kappa shape index (κ2) is 22.9. The molecule has 330 valence electrons. The Bertz CT molecular complexity index is 2360. The van der Waals surface area contributed by atoms with Gasteiger partial charge in [-0.2, -0.15) is 0 Å². The molecule has 0 unspecified atom stereocenters. The smallest absolute Gasteiger partial charge is 0.306 e. The third-order valence-corrected chi connectivity index (χ3v) is 12.1. The lowest BCUT2D eigenvalue weighted by Gasteiger charge is -2.28. The van der Waals surface area contributed by atoms with Crippen molar-refractivity contribution in [3.05, 3.63) is 126 Å². The van der Waals surface area contributed by atoms with E-state index in [-0.39, 0.29) is 52.7 Å². The van der Waals surface area contributed by atoms with Crippen molar-refractivity contribution in [2.24, 2.45) is 11.8 Å². The first-order valence-corrected chi connectivity index (χ1v) is 22.9. The molecule has 3 heterocycles. The number of carbonyl (C=O) groups excluding carboxylic acids is 3. The van der Waals surface area contributed by atoms with Gasteiger partial charge < -0.3 is 30.5 Å². The maximum Gasteiger partial charge on any atom is 0.306 e. The van der Waals surface area contributed by atoms with E-state index in [1.165, 1.54) is 0 Å². The van der Waals surface area contributed by atoms with E-state index in [2.05, 4.69) is 30.9 Å². The molecule has 2 aliphatic carbocycles. The van der Waals surface area contributed by atoms with Crippen LogP contribution in [-0.2, 0) is 16.1 Å². The molecule has 3 amide bonds. The SMILES string of the molecule is CSc1cccc(Oc2ncc(F)cc2C(=O)NC2CCC(C(=O)NCc3ccccn3)CC2)c1.CSc1cccc(Oc2ncc(F)cc2C(=O)NC2CCC(C(=O)O)CC2)c1. The average Bonchev–Trinajstić information content (AvgIpc) is 3.30. The largest absolute Gasteiger partial charge is 0.481 e. The van der Waals surface area contributed by atoms with E-state index in [9.17, 15) is 28.0 Å². The number of carboxylic acids is 1. The van der Waals surface area contributed by atoms with Gasteiger partial charge in [-0.1, -0.05) is 18.2 Å². The molecule has 7 rings (SSSR count). The van der Waals surface area contributed by atoms with Crippen LogP contribution in [0, 0.1) is 23.5 Å². The summed E-state index contributed by atoms with van der Waals surface area (Å²) in [7, 11) is 0. The molecule has 0 radical (unpaired) electrons. The first-order chi connectivity index (χ1) is 30.5. The number of halogens is 2. The Kier molecular flexibility index (Phi) is 16.8. The minimum absolute atomic E-state index is 0.00193. The van der Waals surface area contributed by atoms with E-state index in [4.69, 9.17) is 14.6 Å². The van der Waals surface area contributed by atoms with Crippen molar-refractivity contribution in [3.63, 3.8) is 0 Å². The van der Waals surface area contributed by atoms with Gasteiger partial charge in [-0.15, -0.1) is 23.5 Å². The number of carboxylic acid groups (broad SMARTS) is 1. The molecule has 63 heavy (non-hydrogen) atoms. The normalized spacial score (nSPS) is 18.2. The van der Waals surface area contributed by atoms with Crippen LogP contribution in [0.1, 0.15) is 77.8 Å². The van der Waals surface area contributed by atoms with Crippen molar-refractivity contribution >= 4 is 47.2 Å². The highest BCUT2D eigenvalue weighted by atomic mass is 32.2. The number of carbonyl (C=O) groups is 4. The van der Waals surface area contributed by atoms with E-state index < -0.39 is 29.4 Å². The molecule has 0 saturated heterocycles. The minimum Gasteiger partial charge on any atom is -0.481 e. The lowest BCUT2D eigenvalue weighted by molar-refractivity contribution is -0.142. The summed E-state index contributed by atoms with van der Waals surface area (Å²) in [5.74, 6) is -2.38. The number of nitrogens with zero attached hydrogens (tertiary/aromatic N) is 3. The van der Waals surface area contributed by atoms with Gasteiger partial charge in [0, 0.05) is 34.0 Å². The van der Waals surface area contributed by atoms with E-state index >= 15 is 0 Å². The number of rotatable bonds is 14. The van der Waals surface area contributed by atoms with Crippen molar-refractivity contribution in [2.45, 2.75) is 79.8 Å². The highest BCUT2D eigenvalue weighted by Crippen LogP contribution is 2.31.